The number of nitrogens with one attached hydrogen (secondary N) is 1. The van der Waals surface area contributed by atoms with Crippen molar-refractivity contribution in [2.75, 3.05) is 11.0 Å². The number of carbonyl (C=O) groups is 1. The monoisotopic (exact) mass is 275 g/mol. The van der Waals surface area contributed by atoms with Gasteiger partial charge in [0, 0.05) is 0 Å². The molecule has 0 unspecified atom stereocenters. The minimum absolute atomic E-state index is 0.211. The fourth-order valence-electron chi connectivity index (χ4n) is 1.33. The Morgan fingerprint density at radius 1 is 1.47 bits per heavy atom. The van der Waals surface area contributed by atoms with Crippen molar-refractivity contribution in [2.24, 2.45) is 5.73 Å². The van der Waals surface area contributed by atoms with E-state index in [4.69, 9.17) is 17.3 Å². The van der Waals surface area contributed by atoms with Crippen molar-refractivity contribution < 1.29 is 13.2 Å². The first-order chi connectivity index (χ1) is 7.69. The molecule has 0 heterocycles. The van der Waals surface area contributed by atoms with Crippen LogP contribution >= 0.6 is 11.6 Å². The van der Waals surface area contributed by atoms with E-state index in [1.165, 1.54) is 12.5 Å². The van der Waals surface area contributed by atoms with Crippen LogP contribution in [0.4, 0.5) is 5.69 Å². The molecule has 17 heavy (non-hydrogen) atoms. The van der Waals surface area contributed by atoms with Crippen LogP contribution in [0.2, 0.25) is 5.02 Å². The molecule has 0 aromatic heterocycles. The highest BCUT2D eigenvalue weighted by Crippen LogP contribution is 2.28. The first-order valence-electron chi connectivity index (χ1n) is 4.61. The van der Waals surface area contributed by atoms with Crippen LogP contribution < -0.4 is 10.5 Å². The van der Waals surface area contributed by atoms with E-state index >= 15 is 0 Å². The van der Waals surface area contributed by atoms with E-state index in [0.717, 1.165) is 6.26 Å². The van der Waals surface area contributed by atoms with Crippen molar-refractivity contribution in [1.82, 2.24) is 0 Å². The van der Waals surface area contributed by atoms with Crippen LogP contribution in [0.15, 0.2) is 12.1 Å². The van der Waals surface area contributed by atoms with E-state index in [9.17, 15) is 13.2 Å². The summed E-state index contributed by atoms with van der Waals surface area (Å²) in [5.41, 5.74) is 6.45. The minimum atomic E-state index is -3.39. The van der Waals surface area contributed by atoms with E-state index in [2.05, 4.69) is 4.72 Å². The van der Waals surface area contributed by atoms with Gasteiger partial charge in [0.05, 0.1) is 23.4 Å². The van der Waals surface area contributed by atoms with Crippen LogP contribution in [0, 0.1) is 13.3 Å². The van der Waals surface area contributed by atoms with Crippen LogP contribution in [0.25, 0.3) is 0 Å². The number of sulfonamides is 1. The quantitative estimate of drug-likeness (QED) is 0.861. The molecule has 1 aromatic carbocycles. The standard InChI is InChI=1S/C10H12ClN2O3S/c1-6-3-7(5-9(12)14)4-8(11)10(6)13-17(2,15)16/h3-5,13H,1-2H3,(H2,12,14). The van der Waals surface area contributed by atoms with Gasteiger partial charge >= 0.3 is 0 Å². The smallest absolute Gasteiger partial charge is 0.229 e. The highest BCUT2D eigenvalue weighted by atomic mass is 35.5. The Morgan fingerprint density at radius 2 is 2.06 bits per heavy atom. The molecule has 0 spiro atoms. The lowest BCUT2D eigenvalue weighted by Crippen LogP contribution is -2.13. The van der Waals surface area contributed by atoms with Gasteiger partial charge in [-0.3, -0.25) is 9.52 Å². The number of rotatable bonds is 4. The molecular weight excluding hydrogens is 264 g/mol. The molecule has 1 amide bonds. The second kappa shape index (κ2) is 4.93. The van der Waals surface area contributed by atoms with E-state index in [1.54, 1.807) is 13.0 Å². The molecule has 0 saturated carbocycles. The van der Waals surface area contributed by atoms with Crippen molar-refractivity contribution in [3.8, 4) is 0 Å². The molecule has 0 bridgehead atoms. The summed E-state index contributed by atoms with van der Waals surface area (Å²) in [7, 11) is -3.39. The van der Waals surface area contributed by atoms with Gasteiger partial charge in [-0.2, -0.15) is 0 Å². The fourth-order valence-corrected chi connectivity index (χ4v) is 2.35. The Morgan fingerprint density at radius 3 is 2.47 bits per heavy atom. The molecule has 0 aliphatic carbocycles. The summed E-state index contributed by atoms with van der Waals surface area (Å²) in [6.45, 7) is 1.68. The van der Waals surface area contributed by atoms with Crippen molar-refractivity contribution in [2.45, 2.75) is 6.92 Å². The van der Waals surface area contributed by atoms with Crippen LogP contribution in [-0.2, 0) is 14.8 Å². The second-order valence-electron chi connectivity index (χ2n) is 3.62. The van der Waals surface area contributed by atoms with E-state index < -0.39 is 15.9 Å². The van der Waals surface area contributed by atoms with Gasteiger partial charge in [-0.05, 0) is 24.1 Å². The average Bonchev–Trinajstić information content (AvgIpc) is 2.08. The van der Waals surface area contributed by atoms with Crippen molar-refractivity contribution in [3.05, 3.63) is 34.7 Å². The van der Waals surface area contributed by atoms with Crippen LogP contribution in [0.1, 0.15) is 11.1 Å². The number of hydrogen-bond donors (Lipinski definition) is 2. The maximum Gasteiger partial charge on any atom is 0.229 e. The van der Waals surface area contributed by atoms with Gasteiger partial charge in [0.2, 0.25) is 15.9 Å². The molecule has 1 radical (unpaired) electrons. The predicted octanol–water partition coefficient (Wildman–Crippen LogP) is 1.06. The zero-order chi connectivity index (χ0) is 13.2. The SMILES string of the molecule is Cc1cc([CH]C(N)=O)cc(Cl)c1NS(C)(=O)=O. The Balaban J connectivity index is 3.15. The number of carbonyl (C=O) groups excluding carboxylic acids is 1. The number of amides is 1. The van der Waals surface area contributed by atoms with Crippen molar-refractivity contribution in [3.63, 3.8) is 0 Å². The lowest BCUT2D eigenvalue weighted by molar-refractivity contribution is -0.114. The average molecular weight is 276 g/mol. The summed E-state index contributed by atoms with van der Waals surface area (Å²) in [5.74, 6) is -0.593. The van der Waals surface area contributed by atoms with Gasteiger partial charge in [-0.1, -0.05) is 17.7 Å². The van der Waals surface area contributed by atoms with Crippen LogP contribution in [-0.4, -0.2) is 20.6 Å². The van der Waals surface area contributed by atoms with Crippen molar-refractivity contribution in [1.29, 1.82) is 0 Å². The summed E-state index contributed by atoms with van der Waals surface area (Å²) >= 11 is 5.93. The number of benzene rings is 1. The Labute approximate surface area is 105 Å². The molecule has 0 aliphatic heterocycles. The first kappa shape index (κ1) is 13.8. The number of nitrogens with two attached hydrogens (primary N) is 1. The molecule has 93 valence electrons. The zero-order valence-corrected chi connectivity index (χ0v) is 10.9. The van der Waals surface area contributed by atoms with Gasteiger partial charge in [-0.25, -0.2) is 8.42 Å². The van der Waals surface area contributed by atoms with Gasteiger partial charge in [0.25, 0.3) is 0 Å². The molecule has 7 heteroatoms. The maximum atomic E-state index is 11.1. The van der Waals surface area contributed by atoms with E-state index in [0.29, 0.717) is 16.8 Å². The van der Waals surface area contributed by atoms with Crippen molar-refractivity contribution >= 4 is 33.2 Å². The molecule has 1 aromatic rings. The molecule has 1 rings (SSSR count). The Hall–Kier alpha value is -1.27. The molecule has 3 N–H and O–H groups in total. The molecule has 0 aliphatic rings. The number of halogens is 1. The minimum Gasteiger partial charge on any atom is -0.369 e. The third-order valence-electron chi connectivity index (χ3n) is 1.91. The van der Waals surface area contributed by atoms with Gasteiger partial charge in [0.15, 0.2) is 0 Å². The molecule has 5 nitrogen and oxygen atoms in total. The molecule has 0 atom stereocenters. The van der Waals surface area contributed by atoms with Crippen LogP contribution in [0.5, 0.6) is 0 Å². The second-order valence-corrected chi connectivity index (χ2v) is 5.77. The Bertz CT molecular complexity index is 532. The predicted molar refractivity (Wildman–Crippen MR) is 67.3 cm³/mol. The third-order valence-corrected chi connectivity index (χ3v) is 2.78. The zero-order valence-electron chi connectivity index (χ0n) is 9.32. The number of primary amides is 1. The first-order valence-corrected chi connectivity index (χ1v) is 6.88. The lowest BCUT2D eigenvalue weighted by atomic mass is 10.1. The van der Waals surface area contributed by atoms with Gasteiger partial charge < -0.3 is 5.73 Å². The normalized spacial score (nSPS) is 11.2. The molecule has 0 fully saturated rings. The molecular formula is C10H12ClN2O3S. The van der Waals surface area contributed by atoms with Gasteiger partial charge in [0.1, 0.15) is 0 Å². The van der Waals surface area contributed by atoms with E-state index in [-0.39, 0.29) is 5.02 Å². The van der Waals surface area contributed by atoms with Gasteiger partial charge in [-0.15, -0.1) is 0 Å². The van der Waals surface area contributed by atoms with Crippen LogP contribution in [0.3, 0.4) is 0 Å². The summed E-state index contributed by atoms with van der Waals surface area (Å²) in [6, 6.07) is 3.08. The fraction of sp³-hybridized carbons (Fsp3) is 0.200. The highest BCUT2D eigenvalue weighted by Gasteiger charge is 2.11. The van der Waals surface area contributed by atoms with E-state index in [1.807, 2.05) is 0 Å². The largest absolute Gasteiger partial charge is 0.369 e. The summed E-state index contributed by atoms with van der Waals surface area (Å²) in [5, 5.41) is 0.211. The number of hydrogen-bond acceptors (Lipinski definition) is 3. The lowest BCUT2D eigenvalue weighted by Gasteiger charge is -2.11. The summed E-state index contributed by atoms with van der Waals surface area (Å²) < 4.78 is 24.5. The summed E-state index contributed by atoms with van der Waals surface area (Å²) in [6.07, 6.45) is 2.25. The third kappa shape index (κ3) is 4.24. The number of anilines is 1. The summed E-state index contributed by atoms with van der Waals surface area (Å²) in [4.78, 5) is 10.7. The molecule has 0 saturated heterocycles. The Kier molecular flexibility index (Phi) is 4.00. The highest BCUT2D eigenvalue weighted by molar-refractivity contribution is 7.92. The topological polar surface area (TPSA) is 89.3 Å². The maximum absolute atomic E-state index is 11.1. The number of aryl methyl sites for hydroxylation is 1.